The summed E-state index contributed by atoms with van der Waals surface area (Å²) in [5.74, 6) is -1.92. The van der Waals surface area contributed by atoms with Crippen molar-refractivity contribution in [2.45, 2.75) is 0 Å². The zero-order valence-corrected chi connectivity index (χ0v) is 9.65. The molecule has 1 aromatic carbocycles. The van der Waals surface area contributed by atoms with E-state index in [1.807, 2.05) is 0 Å². The number of rotatable bonds is 2. The van der Waals surface area contributed by atoms with E-state index in [0.29, 0.717) is 0 Å². The third-order valence-corrected chi connectivity index (χ3v) is 2.56. The summed E-state index contributed by atoms with van der Waals surface area (Å²) in [6.45, 7) is 0. The average molecular weight is 263 g/mol. The van der Waals surface area contributed by atoms with Gasteiger partial charge >= 0.3 is 0 Å². The number of hydrogen-bond donors (Lipinski definition) is 4. The molecule has 0 bridgehead atoms. The van der Waals surface area contributed by atoms with E-state index in [4.69, 9.17) is 28.6 Å². The highest BCUT2D eigenvalue weighted by Gasteiger charge is 2.20. The van der Waals surface area contributed by atoms with Crippen LogP contribution in [0, 0.1) is 5.41 Å². The van der Waals surface area contributed by atoms with Crippen LogP contribution in [0.1, 0.15) is 5.56 Å². The standard InChI is InChI=1S/C9H8Cl2N2O3/c1-13-9(16)6(12)3-2-4(10)7(14)8(15)5(3)11/h2,12,14-15H,1H3,(H,13,16). The quantitative estimate of drug-likeness (QED) is 0.481. The van der Waals surface area contributed by atoms with Crippen LogP contribution in [0.2, 0.25) is 10.0 Å². The molecule has 0 unspecified atom stereocenters. The predicted octanol–water partition coefficient (Wildman–Crippen LogP) is 1.52. The number of hydrogen-bond acceptors (Lipinski definition) is 4. The molecule has 0 saturated carbocycles. The molecule has 0 atom stereocenters. The minimum absolute atomic E-state index is 0.0543. The summed E-state index contributed by atoms with van der Waals surface area (Å²) in [5.41, 5.74) is -0.508. The Labute approximate surface area is 101 Å². The van der Waals surface area contributed by atoms with Gasteiger partial charge in [-0.05, 0) is 6.07 Å². The van der Waals surface area contributed by atoms with Gasteiger partial charge in [-0.3, -0.25) is 10.2 Å². The monoisotopic (exact) mass is 262 g/mol. The molecule has 0 saturated heterocycles. The second kappa shape index (κ2) is 4.59. The Hall–Kier alpha value is -1.46. The lowest BCUT2D eigenvalue weighted by molar-refractivity contribution is -0.114. The van der Waals surface area contributed by atoms with E-state index in [-0.39, 0.29) is 15.6 Å². The van der Waals surface area contributed by atoms with Gasteiger partial charge in [0.1, 0.15) is 5.71 Å². The Balaban J connectivity index is 3.36. The highest BCUT2D eigenvalue weighted by atomic mass is 35.5. The van der Waals surface area contributed by atoms with Crippen LogP contribution in [0.5, 0.6) is 11.5 Å². The Morgan fingerprint density at radius 3 is 2.44 bits per heavy atom. The number of carbonyl (C=O) groups excluding carboxylic acids is 1. The molecule has 0 aliphatic carbocycles. The van der Waals surface area contributed by atoms with Crippen molar-refractivity contribution in [1.29, 1.82) is 5.41 Å². The van der Waals surface area contributed by atoms with E-state index < -0.39 is 23.1 Å². The number of carbonyl (C=O) groups is 1. The number of aromatic hydroxyl groups is 2. The number of nitrogens with one attached hydrogen (secondary N) is 2. The molecule has 7 heteroatoms. The summed E-state index contributed by atoms with van der Waals surface area (Å²) in [7, 11) is 1.35. The van der Waals surface area contributed by atoms with Crippen LogP contribution in [0.25, 0.3) is 0 Å². The van der Waals surface area contributed by atoms with Crippen molar-refractivity contribution in [3.63, 3.8) is 0 Å². The first-order chi connectivity index (χ1) is 7.40. The molecule has 86 valence electrons. The van der Waals surface area contributed by atoms with Gasteiger partial charge in [-0.1, -0.05) is 23.2 Å². The second-order valence-corrected chi connectivity index (χ2v) is 3.66. The summed E-state index contributed by atoms with van der Waals surface area (Å²) in [5, 5.41) is 27.9. The SMILES string of the molecule is CNC(=O)C(=N)c1cc(Cl)c(O)c(O)c1Cl. The highest BCUT2D eigenvalue weighted by Crippen LogP contribution is 2.41. The lowest BCUT2D eigenvalue weighted by Gasteiger charge is -2.09. The molecule has 0 aliphatic heterocycles. The molecule has 1 amide bonds. The van der Waals surface area contributed by atoms with Crippen molar-refractivity contribution >= 4 is 34.8 Å². The van der Waals surface area contributed by atoms with Gasteiger partial charge in [-0.25, -0.2) is 0 Å². The summed E-state index contributed by atoms with van der Waals surface area (Å²) >= 11 is 11.3. The van der Waals surface area contributed by atoms with Gasteiger partial charge in [0.25, 0.3) is 5.91 Å². The molecule has 5 nitrogen and oxygen atoms in total. The molecule has 1 rings (SSSR count). The zero-order chi connectivity index (χ0) is 12.5. The fourth-order valence-corrected chi connectivity index (χ4v) is 1.47. The second-order valence-electron chi connectivity index (χ2n) is 2.87. The van der Waals surface area contributed by atoms with Gasteiger partial charge in [0, 0.05) is 12.6 Å². The molecule has 0 aromatic heterocycles. The molecular weight excluding hydrogens is 255 g/mol. The third-order valence-electron chi connectivity index (χ3n) is 1.89. The number of benzene rings is 1. The number of halogens is 2. The fraction of sp³-hybridized carbons (Fsp3) is 0.111. The van der Waals surface area contributed by atoms with Crippen LogP contribution in [-0.4, -0.2) is 28.9 Å². The van der Waals surface area contributed by atoms with E-state index in [2.05, 4.69) is 5.32 Å². The summed E-state index contributed by atoms with van der Waals surface area (Å²) in [4.78, 5) is 11.2. The molecule has 0 fully saturated rings. The van der Waals surface area contributed by atoms with Crippen molar-refractivity contribution in [2.24, 2.45) is 0 Å². The third kappa shape index (κ3) is 2.05. The molecule has 0 aliphatic rings. The van der Waals surface area contributed by atoms with E-state index in [1.54, 1.807) is 0 Å². The highest BCUT2D eigenvalue weighted by molar-refractivity contribution is 6.49. The number of likely N-dealkylation sites (N-methyl/N-ethyl adjacent to an activating group) is 1. The Morgan fingerprint density at radius 2 is 1.94 bits per heavy atom. The predicted molar refractivity (Wildman–Crippen MR) is 60.7 cm³/mol. The lowest BCUT2D eigenvalue weighted by atomic mass is 10.1. The summed E-state index contributed by atoms with van der Waals surface area (Å²) < 4.78 is 0. The van der Waals surface area contributed by atoms with Crippen LogP contribution in [0.3, 0.4) is 0 Å². The lowest BCUT2D eigenvalue weighted by Crippen LogP contribution is -2.27. The summed E-state index contributed by atoms with van der Waals surface area (Å²) in [6.07, 6.45) is 0. The molecule has 0 spiro atoms. The van der Waals surface area contributed by atoms with Gasteiger partial charge < -0.3 is 15.5 Å². The topological polar surface area (TPSA) is 93.4 Å². The minimum Gasteiger partial charge on any atom is -0.503 e. The normalized spacial score (nSPS) is 9.94. The van der Waals surface area contributed by atoms with Crippen LogP contribution in [0.15, 0.2) is 6.07 Å². The maximum absolute atomic E-state index is 11.2. The Bertz CT molecular complexity index is 474. The van der Waals surface area contributed by atoms with Gasteiger partial charge in [0.2, 0.25) is 0 Å². The average Bonchev–Trinajstić information content (AvgIpc) is 2.29. The molecule has 4 N–H and O–H groups in total. The smallest absolute Gasteiger partial charge is 0.269 e. The number of phenolic OH excluding ortho intramolecular Hbond substituents is 2. The first kappa shape index (κ1) is 12.6. The minimum atomic E-state index is -0.678. The molecular formula is C9H8Cl2N2O3. The number of phenols is 2. The molecule has 16 heavy (non-hydrogen) atoms. The largest absolute Gasteiger partial charge is 0.503 e. The van der Waals surface area contributed by atoms with Gasteiger partial charge in [-0.2, -0.15) is 0 Å². The molecule has 0 heterocycles. The zero-order valence-electron chi connectivity index (χ0n) is 8.14. The Morgan fingerprint density at radius 1 is 1.38 bits per heavy atom. The Kier molecular flexibility index (Phi) is 3.62. The van der Waals surface area contributed by atoms with E-state index in [1.165, 1.54) is 7.05 Å². The van der Waals surface area contributed by atoms with Gasteiger partial charge in [0.05, 0.1) is 10.0 Å². The van der Waals surface area contributed by atoms with E-state index in [9.17, 15) is 15.0 Å². The maximum atomic E-state index is 11.2. The van der Waals surface area contributed by atoms with Crippen molar-refractivity contribution < 1.29 is 15.0 Å². The van der Waals surface area contributed by atoms with Crippen molar-refractivity contribution in [3.05, 3.63) is 21.7 Å². The van der Waals surface area contributed by atoms with Crippen LogP contribution >= 0.6 is 23.2 Å². The van der Waals surface area contributed by atoms with Gasteiger partial charge in [-0.15, -0.1) is 0 Å². The molecule has 0 radical (unpaired) electrons. The fourth-order valence-electron chi connectivity index (χ4n) is 1.03. The van der Waals surface area contributed by atoms with Crippen LogP contribution < -0.4 is 5.32 Å². The first-order valence-electron chi connectivity index (χ1n) is 4.11. The maximum Gasteiger partial charge on any atom is 0.269 e. The summed E-state index contributed by atoms with van der Waals surface area (Å²) in [6, 6.07) is 1.14. The number of amides is 1. The molecule has 1 aromatic rings. The van der Waals surface area contributed by atoms with Crippen LogP contribution in [0.4, 0.5) is 0 Å². The van der Waals surface area contributed by atoms with Gasteiger partial charge in [0.15, 0.2) is 11.5 Å². The first-order valence-corrected chi connectivity index (χ1v) is 4.86. The van der Waals surface area contributed by atoms with E-state index >= 15 is 0 Å². The van der Waals surface area contributed by atoms with Crippen molar-refractivity contribution in [1.82, 2.24) is 5.32 Å². The van der Waals surface area contributed by atoms with Crippen molar-refractivity contribution in [2.75, 3.05) is 7.05 Å². The van der Waals surface area contributed by atoms with E-state index in [0.717, 1.165) is 6.07 Å². The van der Waals surface area contributed by atoms with Crippen molar-refractivity contribution in [3.8, 4) is 11.5 Å². The van der Waals surface area contributed by atoms with Crippen LogP contribution in [-0.2, 0) is 4.79 Å².